The summed E-state index contributed by atoms with van der Waals surface area (Å²) in [5.74, 6) is -3.90. The lowest BCUT2D eigenvalue weighted by Crippen LogP contribution is -2.38. The van der Waals surface area contributed by atoms with E-state index in [1.54, 1.807) is 22.9 Å². The van der Waals surface area contributed by atoms with Crippen LogP contribution in [0.5, 0.6) is 0 Å². The Hall–Kier alpha value is -3.65. The van der Waals surface area contributed by atoms with Crippen LogP contribution < -0.4 is 10.6 Å². The molecule has 2 aliphatic rings. The van der Waals surface area contributed by atoms with Gasteiger partial charge >= 0.3 is 6.18 Å². The second-order valence-electron chi connectivity index (χ2n) is 11.5. The van der Waals surface area contributed by atoms with Gasteiger partial charge in [0.15, 0.2) is 0 Å². The van der Waals surface area contributed by atoms with Gasteiger partial charge in [-0.05, 0) is 57.4 Å². The normalized spacial score (nSPS) is 19.1. The lowest BCUT2D eigenvalue weighted by atomic mass is 9.81. The zero-order valence-corrected chi connectivity index (χ0v) is 23.2. The van der Waals surface area contributed by atoms with Crippen LogP contribution in [0.3, 0.4) is 0 Å². The number of amides is 2. The molecular weight excluding hydrogens is 563 g/mol. The summed E-state index contributed by atoms with van der Waals surface area (Å²) < 4.78 is 68.9. The first-order valence-corrected chi connectivity index (χ1v) is 14.1. The fraction of sp³-hybridized carbons (Fsp3) is 0.630. The zero-order chi connectivity index (χ0) is 30.2. The van der Waals surface area contributed by atoms with Crippen molar-refractivity contribution in [2.45, 2.75) is 95.4 Å². The molecule has 15 heteroatoms. The monoisotopic (exact) mass is 596 g/mol. The SMILES string of the molecule is CC(C)n1ncnc1C(=O)N[C@H](c1cn2ccc([C@H](NC(=O)CCC(F)(F)F)C3CC3)nc2n1)C1CCC(F)(F)CC1. The number of imidazole rings is 1. The number of carbonyl (C=O) groups excluding carboxylic acids is 2. The standard InChI is InChI=1S/C27H33F5N8O2/c1-15(2)40-23(33-14-34-40)24(42)38-22(17-5-9-26(28,29)10-6-17)19-13-39-12-8-18(35-25(39)36-19)21(16-3-4-16)37-20(41)7-11-27(30,31)32/h8,12-17,21-22H,3-7,9-11H2,1-2H3,(H,37,41)(H,38,42)/t21-,22+/m1/s1. The second kappa shape index (κ2) is 11.6. The Morgan fingerprint density at radius 1 is 1.02 bits per heavy atom. The molecule has 3 aromatic rings. The molecule has 42 heavy (non-hydrogen) atoms. The van der Waals surface area contributed by atoms with Crippen molar-refractivity contribution in [1.29, 1.82) is 0 Å². The minimum absolute atomic E-state index is 0.0541. The van der Waals surface area contributed by atoms with Crippen LogP contribution in [0, 0.1) is 11.8 Å². The van der Waals surface area contributed by atoms with Gasteiger partial charge in [-0.25, -0.2) is 28.4 Å². The number of hydrogen-bond acceptors (Lipinski definition) is 6. The number of alkyl halides is 5. The molecule has 2 fully saturated rings. The van der Waals surface area contributed by atoms with E-state index in [0.717, 1.165) is 12.8 Å². The third kappa shape index (κ3) is 7.04. The predicted molar refractivity (Wildman–Crippen MR) is 139 cm³/mol. The van der Waals surface area contributed by atoms with Gasteiger partial charge in [-0.2, -0.15) is 18.3 Å². The molecule has 2 saturated carbocycles. The number of hydrogen-bond donors (Lipinski definition) is 2. The fourth-order valence-electron chi connectivity index (χ4n) is 5.42. The van der Waals surface area contributed by atoms with E-state index in [-0.39, 0.29) is 55.2 Å². The molecule has 0 spiro atoms. The summed E-state index contributed by atoms with van der Waals surface area (Å²) in [5, 5.41) is 9.75. The third-order valence-electron chi connectivity index (χ3n) is 7.83. The summed E-state index contributed by atoms with van der Waals surface area (Å²) >= 11 is 0. The Morgan fingerprint density at radius 3 is 2.31 bits per heavy atom. The summed E-state index contributed by atoms with van der Waals surface area (Å²) in [6.07, 6.45) is -0.340. The Labute approximate surface area is 238 Å². The summed E-state index contributed by atoms with van der Waals surface area (Å²) in [7, 11) is 0. The Bertz CT molecular complexity index is 1420. The smallest absolute Gasteiger partial charge is 0.347 e. The lowest BCUT2D eigenvalue weighted by Gasteiger charge is -2.33. The van der Waals surface area contributed by atoms with Gasteiger partial charge in [-0.1, -0.05) is 0 Å². The van der Waals surface area contributed by atoms with Gasteiger partial charge in [0.1, 0.15) is 6.33 Å². The van der Waals surface area contributed by atoms with Crippen LogP contribution in [0.4, 0.5) is 22.0 Å². The fourth-order valence-corrected chi connectivity index (χ4v) is 5.42. The molecule has 0 aliphatic heterocycles. The molecule has 2 amide bonds. The summed E-state index contributed by atoms with van der Waals surface area (Å²) in [6, 6.07) is 0.267. The van der Waals surface area contributed by atoms with E-state index < -0.39 is 48.8 Å². The maximum absolute atomic E-state index is 14.0. The molecule has 228 valence electrons. The molecule has 0 saturated heterocycles. The van der Waals surface area contributed by atoms with Crippen molar-refractivity contribution in [3.05, 3.63) is 42.0 Å². The number of nitrogens with zero attached hydrogens (tertiary/aromatic N) is 6. The van der Waals surface area contributed by atoms with Crippen molar-refractivity contribution in [3.63, 3.8) is 0 Å². The maximum Gasteiger partial charge on any atom is 0.389 e. The first-order chi connectivity index (χ1) is 19.8. The van der Waals surface area contributed by atoms with Gasteiger partial charge in [-0.15, -0.1) is 0 Å². The highest BCUT2D eigenvalue weighted by molar-refractivity contribution is 5.91. The highest BCUT2D eigenvalue weighted by Crippen LogP contribution is 2.42. The molecule has 2 atom stereocenters. The third-order valence-corrected chi connectivity index (χ3v) is 7.83. The van der Waals surface area contributed by atoms with Crippen molar-refractivity contribution >= 4 is 17.6 Å². The largest absolute Gasteiger partial charge is 0.389 e. The van der Waals surface area contributed by atoms with Crippen LogP contribution in [0.25, 0.3) is 5.78 Å². The van der Waals surface area contributed by atoms with E-state index >= 15 is 0 Å². The van der Waals surface area contributed by atoms with E-state index in [2.05, 4.69) is 30.7 Å². The van der Waals surface area contributed by atoms with Crippen molar-refractivity contribution in [2.75, 3.05) is 0 Å². The predicted octanol–water partition coefficient (Wildman–Crippen LogP) is 5.11. The molecule has 10 nitrogen and oxygen atoms in total. The number of nitrogens with one attached hydrogen (secondary N) is 2. The van der Waals surface area contributed by atoms with Crippen LogP contribution in [0.2, 0.25) is 0 Å². The first kappa shape index (κ1) is 29.8. The molecule has 0 aromatic carbocycles. The topological polar surface area (TPSA) is 119 Å². The molecule has 0 bridgehead atoms. The summed E-state index contributed by atoms with van der Waals surface area (Å²) in [5.41, 5.74) is 0.890. The Morgan fingerprint density at radius 2 is 1.67 bits per heavy atom. The van der Waals surface area contributed by atoms with Crippen LogP contribution in [-0.4, -0.2) is 53.0 Å². The number of fused-ring (bicyclic) bond motifs is 1. The second-order valence-corrected chi connectivity index (χ2v) is 11.5. The van der Waals surface area contributed by atoms with Gasteiger partial charge in [0.25, 0.3) is 5.91 Å². The van der Waals surface area contributed by atoms with Crippen molar-refractivity contribution in [1.82, 2.24) is 39.8 Å². The number of rotatable bonds is 10. The average Bonchev–Trinajstić information content (AvgIpc) is 3.47. The van der Waals surface area contributed by atoms with Gasteiger partial charge in [-0.3, -0.25) is 14.0 Å². The van der Waals surface area contributed by atoms with E-state index in [1.165, 1.54) is 11.0 Å². The molecule has 3 heterocycles. The quantitative estimate of drug-likeness (QED) is 0.314. The first-order valence-electron chi connectivity index (χ1n) is 14.1. The Balaban J connectivity index is 1.40. The number of aromatic nitrogens is 6. The number of carbonyl (C=O) groups is 2. The van der Waals surface area contributed by atoms with E-state index in [1.807, 2.05) is 13.8 Å². The maximum atomic E-state index is 14.0. The molecule has 3 aromatic heterocycles. The van der Waals surface area contributed by atoms with E-state index in [9.17, 15) is 31.5 Å². The molecule has 5 rings (SSSR count). The minimum atomic E-state index is -4.43. The van der Waals surface area contributed by atoms with Crippen molar-refractivity contribution in [3.8, 4) is 0 Å². The van der Waals surface area contributed by atoms with Crippen LogP contribution in [0.1, 0.15) is 105 Å². The summed E-state index contributed by atoms with van der Waals surface area (Å²) in [4.78, 5) is 38.9. The van der Waals surface area contributed by atoms with Crippen molar-refractivity contribution < 1.29 is 31.5 Å². The average molecular weight is 597 g/mol. The zero-order valence-electron chi connectivity index (χ0n) is 23.2. The van der Waals surface area contributed by atoms with Crippen molar-refractivity contribution in [2.24, 2.45) is 11.8 Å². The summed E-state index contributed by atoms with van der Waals surface area (Å²) in [6.45, 7) is 3.70. The highest BCUT2D eigenvalue weighted by Gasteiger charge is 2.40. The molecule has 2 aliphatic carbocycles. The van der Waals surface area contributed by atoms with E-state index in [4.69, 9.17) is 0 Å². The van der Waals surface area contributed by atoms with Gasteiger partial charge in [0.05, 0.1) is 29.9 Å². The van der Waals surface area contributed by atoms with Gasteiger partial charge < -0.3 is 10.6 Å². The van der Waals surface area contributed by atoms with Crippen LogP contribution in [0.15, 0.2) is 24.8 Å². The molecular formula is C27H33F5N8O2. The molecule has 2 N–H and O–H groups in total. The van der Waals surface area contributed by atoms with Gasteiger partial charge in [0.2, 0.25) is 23.4 Å². The number of halogens is 5. The van der Waals surface area contributed by atoms with Crippen LogP contribution in [-0.2, 0) is 4.79 Å². The van der Waals surface area contributed by atoms with Crippen LogP contribution >= 0.6 is 0 Å². The molecule has 0 unspecified atom stereocenters. The molecule has 0 radical (unpaired) electrons. The highest BCUT2D eigenvalue weighted by atomic mass is 19.4. The Kier molecular flexibility index (Phi) is 8.21. The lowest BCUT2D eigenvalue weighted by molar-refractivity contribution is -0.144. The van der Waals surface area contributed by atoms with E-state index in [0.29, 0.717) is 11.4 Å². The van der Waals surface area contributed by atoms with Gasteiger partial charge in [0, 0.05) is 37.7 Å². The minimum Gasteiger partial charge on any atom is -0.347 e.